The molecule has 0 radical (unpaired) electrons. The van der Waals surface area contributed by atoms with Gasteiger partial charge in [0.15, 0.2) is 24.8 Å². The maximum Gasteiger partial charge on any atom is 0.673 e. The minimum absolute atomic E-state index is 0.892. The Bertz CT molecular complexity index is 794. The number of nitrogens with zero attached hydrogens (tertiary/aromatic N) is 2. The molecule has 13 heteroatoms. The summed E-state index contributed by atoms with van der Waals surface area (Å²) < 4.78 is 87.9. The fourth-order valence-corrected chi connectivity index (χ4v) is 1.98. The molecule has 0 saturated heterocycles. The van der Waals surface area contributed by atoms with Crippen molar-refractivity contribution in [2.24, 2.45) is 14.1 Å². The van der Waals surface area contributed by atoms with Gasteiger partial charge < -0.3 is 38.9 Å². The third kappa shape index (κ3) is 11.6. The van der Waals surface area contributed by atoms with E-state index in [1.54, 1.807) is 0 Å². The Balaban J connectivity index is 0.000000353. The van der Waals surface area contributed by atoms with Crippen molar-refractivity contribution < 1.29 is 48.1 Å². The molecule has 0 aromatic carbocycles. The number of hydrogen-bond donors (Lipinski definition) is 0. The van der Waals surface area contributed by atoms with Crippen molar-refractivity contribution in [2.75, 3.05) is 0 Å². The number of pyridine rings is 2. The van der Waals surface area contributed by atoms with Crippen molar-refractivity contribution in [2.45, 2.75) is 0 Å². The lowest BCUT2D eigenvalue weighted by molar-refractivity contribution is -0.671. The van der Waals surface area contributed by atoms with E-state index in [4.69, 9.17) is 4.42 Å². The fourth-order valence-electron chi connectivity index (χ4n) is 1.98. The molecule has 29 heavy (non-hydrogen) atoms. The molecule has 0 fully saturated rings. The van der Waals surface area contributed by atoms with Crippen molar-refractivity contribution >= 4 is 14.5 Å². The van der Waals surface area contributed by atoms with E-state index in [1.165, 1.54) is 0 Å². The first-order valence-electron chi connectivity index (χ1n) is 7.98. The van der Waals surface area contributed by atoms with E-state index in [9.17, 15) is 34.5 Å². The molecule has 0 spiro atoms. The number of hydrogen-bond acceptors (Lipinski definition) is 1. The highest BCUT2D eigenvalue weighted by molar-refractivity contribution is 6.50. The predicted molar refractivity (Wildman–Crippen MR) is 92.3 cm³/mol. The molecule has 158 valence electrons. The van der Waals surface area contributed by atoms with Gasteiger partial charge in [-0.3, -0.25) is 0 Å². The summed E-state index contributed by atoms with van der Waals surface area (Å²) in [5, 5.41) is 0. The molecule has 0 saturated carbocycles. The van der Waals surface area contributed by atoms with Crippen LogP contribution in [0.25, 0.3) is 22.6 Å². The van der Waals surface area contributed by atoms with Crippen LogP contribution in [0.15, 0.2) is 65.6 Å². The number of halogens is 8. The topological polar surface area (TPSA) is 20.9 Å². The lowest BCUT2D eigenvalue weighted by Gasteiger charge is -1.97. The SMILES string of the molecule is C[n+]1ccc(-c2ccc(-c3cc[n+](C)cc3)o2)cc1.F[B-](F)(F)F.F[B-](F)(F)F. The Morgan fingerprint density at radius 1 is 0.552 bits per heavy atom. The summed E-state index contributed by atoms with van der Waals surface area (Å²) in [6, 6.07) is 12.2. The van der Waals surface area contributed by atoms with E-state index in [0.29, 0.717) is 0 Å². The molecular formula is C16H16B2F8N2O. The molecule has 0 amide bonds. The molecule has 3 rings (SSSR count). The largest absolute Gasteiger partial charge is 0.673 e. The van der Waals surface area contributed by atoms with E-state index < -0.39 is 14.5 Å². The van der Waals surface area contributed by atoms with Gasteiger partial charge in [-0.05, 0) is 12.1 Å². The molecule has 3 aromatic heterocycles. The van der Waals surface area contributed by atoms with E-state index in [1.807, 2.05) is 84.4 Å². The summed E-state index contributed by atoms with van der Waals surface area (Å²) >= 11 is 0. The average molecular weight is 426 g/mol. The first-order chi connectivity index (χ1) is 13.2. The van der Waals surface area contributed by atoms with Gasteiger partial charge in [0.1, 0.15) is 25.6 Å². The van der Waals surface area contributed by atoms with Crippen LogP contribution in [0.5, 0.6) is 0 Å². The molecule has 0 unspecified atom stereocenters. The zero-order valence-electron chi connectivity index (χ0n) is 15.3. The van der Waals surface area contributed by atoms with Crippen LogP contribution in [-0.2, 0) is 14.1 Å². The monoisotopic (exact) mass is 426 g/mol. The van der Waals surface area contributed by atoms with Gasteiger partial charge in [0.2, 0.25) is 0 Å². The summed E-state index contributed by atoms with van der Waals surface area (Å²) in [7, 11) is -8.00. The van der Waals surface area contributed by atoms with Crippen molar-refractivity contribution in [3.8, 4) is 22.6 Å². The van der Waals surface area contributed by atoms with Crippen LogP contribution in [-0.4, -0.2) is 14.5 Å². The van der Waals surface area contributed by atoms with Crippen LogP contribution in [0.3, 0.4) is 0 Å². The molecule has 0 N–H and O–H groups in total. The molecule has 0 aliphatic rings. The molecule has 3 aromatic rings. The number of aromatic nitrogens is 2. The molecule has 0 aliphatic carbocycles. The third-order valence-corrected chi connectivity index (χ3v) is 3.13. The summed E-state index contributed by atoms with van der Waals surface area (Å²) in [6.07, 6.45) is 8.06. The van der Waals surface area contributed by atoms with Gasteiger partial charge >= 0.3 is 14.5 Å². The standard InChI is InChI=1S/C16H16N2O.2BF4/c1-17-9-5-13(6-10-17)15-3-4-16(19-15)14-7-11-18(2)12-8-14;2*2-1(3,4)5/h3-12H,1-2H3;;/q+2;2*-1. The number of furan rings is 1. The predicted octanol–water partition coefficient (Wildman–Crippen LogP) is 4.86. The maximum absolute atomic E-state index is 9.75. The molecule has 0 bridgehead atoms. The lowest BCUT2D eigenvalue weighted by atomic mass is 10.2. The highest BCUT2D eigenvalue weighted by atomic mass is 19.5. The Kier molecular flexibility index (Phi) is 8.41. The highest BCUT2D eigenvalue weighted by Gasteiger charge is 2.21. The minimum atomic E-state index is -6.00. The van der Waals surface area contributed by atoms with E-state index >= 15 is 0 Å². The maximum atomic E-state index is 9.75. The van der Waals surface area contributed by atoms with Gasteiger partial charge in [0, 0.05) is 35.4 Å². The van der Waals surface area contributed by atoms with Gasteiger partial charge in [-0.25, -0.2) is 9.13 Å². The first kappa shape index (κ1) is 24.2. The zero-order chi connectivity index (χ0) is 22.2. The lowest BCUT2D eigenvalue weighted by Crippen LogP contribution is -2.25. The smallest absolute Gasteiger partial charge is 0.456 e. The summed E-state index contributed by atoms with van der Waals surface area (Å²) in [5.74, 6) is 1.78. The third-order valence-electron chi connectivity index (χ3n) is 3.13. The van der Waals surface area contributed by atoms with Crippen LogP contribution in [0.1, 0.15) is 0 Å². The van der Waals surface area contributed by atoms with Gasteiger partial charge in [-0.15, -0.1) is 0 Å². The Labute approximate surface area is 161 Å². The quantitative estimate of drug-likeness (QED) is 0.326. The van der Waals surface area contributed by atoms with Crippen LogP contribution >= 0.6 is 0 Å². The Morgan fingerprint density at radius 3 is 1.03 bits per heavy atom. The van der Waals surface area contributed by atoms with Crippen LogP contribution in [0.4, 0.5) is 34.5 Å². The van der Waals surface area contributed by atoms with E-state index in [0.717, 1.165) is 22.6 Å². The van der Waals surface area contributed by atoms with Crippen molar-refractivity contribution in [3.63, 3.8) is 0 Å². The zero-order valence-corrected chi connectivity index (χ0v) is 15.3. The van der Waals surface area contributed by atoms with E-state index in [-0.39, 0.29) is 0 Å². The van der Waals surface area contributed by atoms with Crippen LogP contribution in [0.2, 0.25) is 0 Å². The van der Waals surface area contributed by atoms with Gasteiger partial charge in [0.05, 0.1) is 0 Å². The normalized spacial score (nSPS) is 11.1. The van der Waals surface area contributed by atoms with Crippen molar-refractivity contribution in [3.05, 3.63) is 61.2 Å². The summed E-state index contributed by atoms with van der Waals surface area (Å²) in [6.45, 7) is 0. The first-order valence-corrected chi connectivity index (χ1v) is 7.98. The molecule has 3 nitrogen and oxygen atoms in total. The Hall–Kier alpha value is -2.85. The second-order valence-electron chi connectivity index (χ2n) is 5.66. The molecular weight excluding hydrogens is 410 g/mol. The van der Waals surface area contributed by atoms with Gasteiger partial charge in [-0.1, -0.05) is 0 Å². The second kappa shape index (κ2) is 10.1. The average Bonchev–Trinajstić information content (AvgIpc) is 3.03. The van der Waals surface area contributed by atoms with Crippen LogP contribution in [0, 0.1) is 0 Å². The highest BCUT2D eigenvalue weighted by Crippen LogP contribution is 2.27. The van der Waals surface area contributed by atoms with Gasteiger partial charge in [0.25, 0.3) is 0 Å². The molecule has 0 atom stereocenters. The molecule has 0 aliphatic heterocycles. The van der Waals surface area contributed by atoms with Crippen molar-refractivity contribution in [1.29, 1.82) is 0 Å². The molecule has 3 heterocycles. The summed E-state index contributed by atoms with van der Waals surface area (Å²) in [5.41, 5.74) is 2.18. The Morgan fingerprint density at radius 2 is 0.793 bits per heavy atom. The van der Waals surface area contributed by atoms with Crippen LogP contribution < -0.4 is 9.13 Å². The summed E-state index contributed by atoms with van der Waals surface area (Å²) in [4.78, 5) is 0. The van der Waals surface area contributed by atoms with Gasteiger partial charge in [-0.2, -0.15) is 0 Å². The second-order valence-corrected chi connectivity index (χ2v) is 5.66. The van der Waals surface area contributed by atoms with E-state index in [2.05, 4.69) is 0 Å². The minimum Gasteiger partial charge on any atom is -0.456 e. The number of rotatable bonds is 2. The van der Waals surface area contributed by atoms with Crippen molar-refractivity contribution in [1.82, 2.24) is 0 Å². The fraction of sp³-hybridized carbons (Fsp3) is 0.125. The number of aryl methyl sites for hydroxylation is 2.